The smallest absolute Gasteiger partial charge is 0.326 e. The van der Waals surface area contributed by atoms with Gasteiger partial charge in [0.05, 0.1) is 5.39 Å². The average Bonchev–Trinajstić information content (AvgIpc) is 2.83. The van der Waals surface area contributed by atoms with Crippen molar-refractivity contribution in [3.63, 3.8) is 0 Å². The molecule has 124 valence electrons. The maximum Gasteiger partial charge on any atom is 0.326 e. The van der Waals surface area contributed by atoms with Crippen LogP contribution in [0, 0.1) is 5.92 Å². The molecule has 2 atom stereocenters. The molecule has 0 fully saturated rings. The van der Waals surface area contributed by atoms with Gasteiger partial charge in [-0.05, 0) is 37.7 Å². The van der Waals surface area contributed by atoms with Gasteiger partial charge in [0.15, 0.2) is 0 Å². The second kappa shape index (κ2) is 5.74. The molecule has 3 rings (SSSR count). The highest BCUT2D eigenvalue weighted by Gasteiger charge is 2.28. The molecule has 5 nitrogen and oxygen atoms in total. The molecule has 23 heavy (non-hydrogen) atoms. The van der Waals surface area contributed by atoms with Crippen LogP contribution in [0.1, 0.15) is 62.3 Å². The molecule has 6 heteroatoms. The van der Waals surface area contributed by atoms with E-state index in [0.29, 0.717) is 17.1 Å². The van der Waals surface area contributed by atoms with Crippen LogP contribution in [0.4, 0.5) is 0 Å². The topological polar surface area (TPSA) is 72.2 Å². The van der Waals surface area contributed by atoms with E-state index in [1.807, 2.05) is 13.8 Å². The second-order valence-electron chi connectivity index (χ2n) is 6.85. The number of fused-ring (bicyclic) bond motifs is 3. The monoisotopic (exact) mass is 334 g/mol. The molecule has 0 bridgehead atoms. The van der Waals surface area contributed by atoms with Gasteiger partial charge in [-0.1, -0.05) is 20.8 Å². The Morgan fingerprint density at radius 3 is 2.70 bits per heavy atom. The zero-order chi connectivity index (χ0) is 16.9. The van der Waals surface area contributed by atoms with E-state index < -0.39 is 12.0 Å². The summed E-state index contributed by atoms with van der Waals surface area (Å²) in [4.78, 5) is 31.2. The van der Waals surface area contributed by atoms with Gasteiger partial charge in [0, 0.05) is 10.8 Å². The van der Waals surface area contributed by atoms with Gasteiger partial charge in [0.1, 0.15) is 16.7 Å². The molecule has 1 N–H and O–H groups in total. The SMILES string of the molecule is CC1CCc2c(sc3nc(C(C)C)n(C(C)C(=O)O)c(=O)c23)C1. The highest BCUT2D eigenvalue weighted by molar-refractivity contribution is 7.18. The molecule has 0 radical (unpaired) electrons. The molecule has 0 aliphatic heterocycles. The molecule has 2 heterocycles. The maximum atomic E-state index is 13.1. The van der Waals surface area contributed by atoms with E-state index in [2.05, 4.69) is 11.9 Å². The van der Waals surface area contributed by atoms with Crippen molar-refractivity contribution in [2.45, 2.75) is 58.9 Å². The number of hydrogen-bond acceptors (Lipinski definition) is 4. The van der Waals surface area contributed by atoms with Gasteiger partial charge in [0.25, 0.3) is 5.56 Å². The van der Waals surface area contributed by atoms with Gasteiger partial charge in [0.2, 0.25) is 0 Å². The molecule has 2 unspecified atom stereocenters. The third-order valence-corrected chi connectivity index (χ3v) is 5.80. The van der Waals surface area contributed by atoms with Crippen molar-refractivity contribution >= 4 is 27.5 Å². The van der Waals surface area contributed by atoms with E-state index >= 15 is 0 Å². The summed E-state index contributed by atoms with van der Waals surface area (Å²) in [5.41, 5.74) is 0.905. The predicted octanol–water partition coefficient (Wildman–Crippen LogP) is 3.35. The Morgan fingerprint density at radius 1 is 1.39 bits per heavy atom. The summed E-state index contributed by atoms with van der Waals surface area (Å²) in [6, 6.07) is -0.908. The highest BCUT2D eigenvalue weighted by Crippen LogP contribution is 2.36. The summed E-state index contributed by atoms with van der Waals surface area (Å²) in [5.74, 6) is 0.171. The minimum absolute atomic E-state index is 0.00745. The summed E-state index contributed by atoms with van der Waals surface area (Å²) in [6.45, 7) is 7.65. The van der Waals surface area contributed by atoms with Crippen LogP contribution in [-0.2, 0) is 17.6 Å². The fourth-order valence-corrected chi connectivity index (χ4v) is 4.69. The molecule has 0 saturated heterocycles. The van der Waals surface area contributed by atoms with Crippen molar-refractivity contribution in [3.8, 4) is 0 Å². The van der Waals surface area contributed by atoms with Crippen molar-refractivity contribution in [1.29, 1.82) is 0 Å². The van der Waals surface area contributed by atoms with E-state index in [4.69, 9.17) is 0 Å². The average molecular weight is 334 g/mol. The molecule has 0 saturated carbocycles. The van der Waals surface area contributed by atoms with E-state index in [-0.39, 0.29) is 11.5 Å². The fourth-order valence-electron chi connectivity index (χ4n) is 3.31. The minimum atomic E-state index is -1.01. The maximum absolute atomic E-state index is 13.1. The number of rotatable bonds is 3. The van der Waals surface area contributed by atoms with Crippen molar-refractivity contribution < 1.29 is 9.90 Å². The van der Waals surface area contributed by atoms with E-state index in [9.17, 15) is 14.7 Å². The van der Waals surface area contributed by atoms with Crippen LogP contribution in [0.3, 0.4) is 0 Å². The second-order valence-corrected chi connectivity index (χ2v) is 7.93. The van der Waals surface area contributed by atoms with E-state index in [1.165, 1.54) is 9.44 Å². The van der Waals surface area contributed by atoms with Crippen molar-refractivity contribution in [3.05, 3.63) is 26.6 Å². The predicted molar refractivity (Wildman–Crippen MR) is 91.5 cm³/mol. The van der Waals surface area contributed by atoms with Gasteiger partial charge < -0.3 is 5.11 Å². The lowest BCUT2D eigenvalue weighted by atomic mass is 9.89. The molecule has 1 aliphatic rings. The summed E-state index contributed by atoms with van der Waals surface area (Å²) < 4.78 is 1.38. The summed E-state index contributed by atoms with van der Waals surface area (Å²) in [5, 5.41) is 10.0. The van der Waals surface area contributed by atoms with E-state index in [1.54, 1.807) is 18.3 Å². The van der Waals surface area contributed by atoms with Crippen molar-refractivity contribution in [1.82, 2.24) is 9.55 Å². The molecular weight excluding hydrogens is 312 g/mol. The summed E-state index contributed by atoms with van der Waals surface area (Å²) in [6.07, 6.45) is 2.94. The first-order valence-corrected chi connectivity index (χ1v) is 8.92. The number of aryl methyl sites for hydroxylation is 1. The Balaban J connectivity index is 2.34. The van der Waals surface area contributed by atoms with Crippen molar-refractivity contribution in [2.24, 2.45) is 5.92 Å². The van der Waals surface area contributed by atoms with Gasteiger partial charge in [-0.2, -0.15) is 0 Å². The zero-order valence-electron chi connectivity index (χ0n) is 13.9. The lowest BCUT2D eigenvalue weighted by Crippen LogP contribution is -2.32. The molecule has 1 aliphatic carbocycles. The van der Waals surface area contributed by atoms with Crippen LogP contribution in [0.2, 0.25) is 0 Å². The third kappa shape index (κ3) is 2.59. The van der Waals surface area contributed by atoms with Gasteiger partial charge >= 0.3 is 5.97 Å². The molecule has 2 aromatic heterocycles. The molecule has 0 amide bonds. The number of carbonyl (C=O) groups is 1. The lowest BCUT2D eigenvalue weighted by Gasteiger charge is -2.19. The number of nitrogens with zero attached hydrogens (tertiary/aromatic N) is 2. The molecule has 0 spiro atoms. The van der Waals surface area contributed by atoms with Gasteiger partial charge in [-0.3, -0.25) is 9.36 Å². The highest BCUT2D eigenvalue weighted by atomic mass is 32.1. The van der Waals surface area contributed by atoms with Crippen LogP contribution in [0.25, 0.3) is 10.2 Å². The number of hydrogen-bond donors (Lipinski definition) is 1. The number of carboxylic acids is 1. The van der Waals surface area contributed by atoms with E-state index in [0.717, 1.165) is 29.7 Å². The number of thiophene rings is 1. The Hall–Kier alpha value is -1.69. The Labute approximate surface area is 139 Å². The zero-order valence-corrected chi connectivity index (χ0v) is 14.7. The van der Waals surface area contributed by atoms with Crippen LogP contribution in [0.5, 0.6) is 0 Å². The summed E-state index contributed by atoms with van der Waals surface area (Å²) in [7, 11) is 0. The van der Waals surface area contributed by atoms with Gasteiger partial charge in [-0.25, -0.2) is 9.78 Å². The Kier molecular flexibility index (Phi) is 4.04. The third-order valence-electron chi connectivity index (χ3n) is 4.65. The number of aliphatic carboxylic acids is 1. The molecular formula is C17H22N2O3S. The molecule has 0 aromatic carbocycles. The normalized spacial score (nSPS) is 19.1. The largest absolute Gasteiger partial charge is 0.480 e. The Morgan fingerprint density at radius 2 is 2.09 bits per heavy atom. The summed E-state index contributed by atoms with van der Waals surface area (Å²) >= 11 is 1.61. The first kappa shape index (κ1) is 16.2. The van der Waals surface area contributed by atoms with Crippen LogP contribution >= 0.6 is 11.3 Å². The quantitative estimate of drug-likeness (QED) is 0.934. The molecule has 2 aromatic rings. The van der Waals surface area contributed by atoms with Crippen molar-refractivity contribution in [2.75, 3.05) is 0 Å². The fraction of sp³-hybridized carbons (Fsp3) is 0.588. The minimum Gasteiger partial charge on any atom is -0.480 e. The number of carboxylic acid groups (broad SMARTS) is 1. The van der Waals surface area contributed by atoms with Gasteiger partial charge in [-0.15, -0.1) is 11.3 Å². The van der Waals surface area contributed by atoms with Crippen LogP contribution in [0.15, 0.2) is 4.79 Å². The first-order chi connectivity index (χ1) is 10.8. The standard InChI is InChI=1S/C17H22N2O3S/c1-8(2)14-18-15-13(16(20)19(14)10(4)17(21)22)11-6-5-9(3)7-12(11)23-15/h8-10H,5-7H2,1-4H3,(H,21,22). The van der Waals surface area contributed by atoms with Crippen LogP contribution < -0.4 is 5.56 Å². The Bertz CT molecular complexity index is 834. The number of aromatic nitrogens is 2. The van der Waals surface area contributed by atoms with Crippen LogP contribution in [-0.4, -0.2) is 20.6 Å². The lowest BCUT2D eigenvalue weighted by molar-refractivity contribution is -0.140. The first-order valence-electron chi connectivity index (χ1n) is 8.10.